The average molecular weight is 287 g/mol. The maximum absolute atomic E-state index is 13.1. The van der Waals surface area contributed by atoms with Gasteiger partial charge < -0.3 is 5.32 Å². The van der Waals surface area contributed by atoms with Crippen molar-refractivity contribution in [3.8, 4) is 0 Å². The lowest BCUT2D eigenvalue weighted by atomic mass is 9.97. The molecule has 1 aliphatic rings. The molecule has 1 unspecified atom stereocenters. The maximum atomic E-state index is 13.1. The Morgan fingerprint density at radius 3 is 2.05 bits per heavy atom. The van der Waals surface area contributed by atoms with Crippen LogP contribution in [0.25, 0.3) is 0 Å². The molecule has 2 aromatic carbocycles. The van der Waals surface area contributed by atoms with E-state index in [0.29, 0.717) is 17.9 Å². The van der Waals surface area contributed by atoms with Gasteiger partial charge in [0.2, 0.25) is 0 Å². The Labute approximate surface area is 119 Å². The summed E-state index contributed by atoms with van der Waals surface area (Å²) in [7, 11) is -3.42. The van der Waals surface area contributed by atoms with Crippen molar-refractivity contribution in [3.05, 3.63) is 66.2 Å². The van der Waals surface area contributed by atoms with E-state index in [1.54, 1.807) is 24.3 Å². The summed E-state index contributed by atoms with van der Waals surface area (Å²) in [5.74, 6) is 0. The molecular weight excluding hydrogens is 270 g/mol. The highest BCUT2D eigenvalue weighted by Gasteiger charge is 2.48. The monoisotopic (exact) mass is 287 g/mol. The van der Waals surface area contributed by atoms with E-state index in [1.165, 1.54) is 0 Å². The first-order chi connectivity index (χ1) is 9.67. The van der Waals surface area contributed by atoms with Crippen LogP contribution in [-0.4, -0.2) is 21.5 Å². The molecule has 3 rings (SSSR count). The van der Waals surface area contributed by atoms with Gasteiger partial charge in [0.15, 0.2) is 9.84 Å². The highest BCUT2D eigenvalue weighted by Crippen LogP contribution is 2.40. The van der Waals surface area contributed by atoms with Crippen molar-refractivity contribution in [1.29, 1.82) is 0 Å². The number of hydrogen-bond donors (Lipinski definition) is 1. The van der Waals surface area contributed by atoms with Crippen molar-refractivity contribution in [2.75, 3.05) is 13.1 Å². The number of hydrogen-bond acceptors (Lipinski definition) is 3. The third-order valence-electron chi connectivity index (χ3n) is 3.98. The van der Waals surface area contributed by atoms with E-state index in [0.717, 1.165) is 12.1 Å². The van der Waals surface area contributed by atoms with Gasteiger partial charge in [-0.2, -0.15) is 0 Å². The summed E-state index contributed by atoms with van der Waals surface area (Å²) in [6.45, 7) is 1.19. The fourth-order valence-electron chi connectivity index (χ4n) is 2.87. The van der Waals surface area contributed by atoms with Crippen LogP contribution in [0.2, 0.25) is 0 Å². The first-order valence-corrected chi connectivity index (χ1v) is 8.21. The van der Waals surface area contributed by atoms with E-state index in [9.17, 15) is 8.42 Å². The predicted octanol–water partition coefficient (Wildman–Crippen LogP) is 2.35. The van der Waals surface area contributed by atoms with Crippen LogP contribution in [-0.2, 0) is 14.6 Å². The molecule has 2 aromatic rings. The molecule has 0 radical (unpaired) electrons. The Balaban J connectivity index is 2.17. The molecule has 0 aliphatic carbocycles. The molecule has 4 heteroatoms. The van der Waals surface area contributed by atoms with Gasteiger partial charge in [0.05, 0.1) is 4.90 Å². The molecule has 1 atom stereocenters. The summed E-state index contributed by atoms with van der Waals surface area (Å²) in [6.07, 6.45) is 0.605. The van der Waals surface area contributed by atoms with Crippen molar-refractivity contribution in [2.24, 2.45) is 0 Å². The standard InChI is InChI=1S/C16H17NO2S/c18-20(19,15-9-5-2-6-10-15)16(11-12-17-13-16)14-7-3-1-4-8-14/h1-10,17H,11-13H2. The van der Waals surface area contributed by atoms with Gasteiger partial charge in [0.1, 0.15) is 4.75 Å². The zero-order chi connectivity index (χ0) is 14.1. The van der Waals surface area contributed by atoms with Gasteiger partial charge in [0.25, 0.3) is 0 Å². The van der Waals surface area contributed by atoms with E-state index in [-0.39, 0.29) is 0 Å². The SMILES string of the molecule is O=S(=O)(c1ccccc1)C1(c2ccccc2)CCNC1. The summed E-state index contributed by atoms with van der Waals surface area (Å²) in [4.78, 5) is 0.396. The molecule has 104 valence electrons. The summed E-state index contributed by atoms with van der Waals surface area (Å²) in [5, 5.41) is 3.21. The fourth-order valence-corrected chi connectivity index (χ4v) is 4.94. The molecule has 3 nitrogen and oxygen atoms in total. The normalized spacial score (nSPS) is 22.8. The molecule has 0 spiro atoms. The van der Waals surface area contributed by atoms with Crippen LogP contribution in [0, 0.1) is 0 Å². The summed E-state index contributed by atoms with van der Waals surface area (Å²) in [5.41, 5.74) is 0.869. The number of sulfone groups is 1. The van der Waals surface area contributed by atoms with Gasteiger partial charge in [-0.15, -0.1) is 0 Å². The zero-order valence-corrected chi connectivity index (χ0v) is 11.9. The fraction of sp³-hybridized carbons (Fsp3) is 0.250. The Bertz CT molecular complexity index is 675. The van der Waals surface area contributed by atoms with Crippen molar-refractivity contribution < 1.29 is 8.42 Å². The second kappa shape index (κ2) is 5.04. The van der Waals surface area contributed by atoms with Crippen LogP contribution in [0.1, 0.15) is 12.0 Å². The Morgan fingerprint density at radius 2 is 1.50 bits per heavy atom. The van der Waals surface area contributed by atoms with Gasteiger partial charge in [-0.1, -0.05) is 48.5 Å². The van der Waals surface area contributed by atoms with Crippen LogP contribution in [0.5, 0.6) is 0 Å². The van der Waals surface area contributed by atoms with Crippen LogP contribution in [0.4, 0.5) is 0 Å². The van der Waals surface area contributed by atoms with Crippen LogP contribution in [0.3, 0.4) is 0 Å². The smallest absolute Gasteiger partial charge is 0.189 e. The zero-order valence-electron chi connectivity index (χ0n) is 11.1. The van der Waals surface area contributed by atoms with Crippen molar-refractivity contribution in [2.45, 2.75) is 16.1 Å². The van der Waals surface area contributed by atoms with Crippen molar-refractivity contribution in [1.82, 2.24) is 5.32 Å². The predicted molar refractivity (Wildman–Crippen MR) is 79.2 cm³/mol. The third-order valence-corrected chi connectivity index (χ3v) is 6.49. The van der Waals surface area contributed by atoms with E-state index in [4.69, 9.17) is 0 Å². The Morgan fingerprint density at radius 1 is 0.900 bits per heavy atom. The van der Waals surface area contributed by atoms with Gasteiger partial charge in [0, 0.05) is 6.54 Å². The highest BCUT2D eigenvalue weighted by atomic mass is 32.2. The topological polar surface area (TPSA) is 46.2 Å². The Kier molecular flexibility index (Phi) is 3.36. The van der Waals surface area contributed by atoms with E-state index >= 15 is 0 Å². The van der Waals surface area contributed by atoms with Crippen LogP contribution in [0.15, 0.2) is 65.6 Å². The van der Waals surface area contributed by atoms with Gasteiger partial charge in [-0.25, -0.2) is 8.42 Å². The lowest BCUT2D eigenvalue weighted by Gasteiger charge is -2.28. The van der Waals surface area contributed by atoms with Gasteiger partial charge in [-0.3, -0.25) is 0 Å². The minimum Gasteiger partial charge on any atom is -0.315 e. The van der Waals surface area contributed by atoms with Crippen LogP contribution < -0.4 is 5.32 Å². The molecule has 20 heavy (non-hydrogen) atoms. The summed E-state index contributed by atoms with van der Waals surface area (Å²) >= 11 is 0. The molecule has 0 bridgehead atoms. The van der Waals surface area contributed by atoms with E-state index in [2.05, 4.69) is 5.32 Å². The molecule has 1 fully saturated rings. The van der Waals surface area contributed by atoms with E-state index < -0.39 is 14.6 Å². The number of nitrogens with one attached hydrogen (secondary N) is 1. The highest BCUT2D eigenvalue weighted by molar-refractivity contribution is 7.92. The molecule has 0 amide bonds. The lowest BCUT2D eigenvalue weighted by molar-refractivity contribution is 0.537. The number of benzene rings is 2. The third kappa shape index (κ3) is 1.96. The van der Waals surface area contributed by atoms with Gasteiger partial charge >= 0.3 is 0 Å². The largest absolute Gasteiger partial charge is 0.315 e. The Hall–Kier alpha value is -1.65. The first kappa shape index (κ1) is 13.3. The second-order valence-electron chi connectivity index (χ2n) is 5.10. The molecule has 0 aromatic heterocycles. The molecule has 1 N–H and O–H groups in total. The maximum Gasteiger partial charge on any atom is 0.189 e. The second-order valence-corrected chi connectivity index (χ2v) is 7.36. The van der Waals surface area contributed by atoms with Crippen molar-refractivity contribution in [3.63, 3.8) is 0 Å². The summed E-state index contributed by atoms with van der Waals surface area (Å²) in [6, 6.07) is 18.3. The van der Waals surface area contributed by atoms with Gasteiger partial charge in [-0.05, 0) is 30.7 Å². The van der Waals surface area contributed by atoms with Crippen LogP contribution >= 0.6 is 0 Å². The molecule has 1 aliphatic heterocycles. The van der Waals surface area contributed by atoms with E-state index in [1.807, 2.05) is 36.4 Å². The quantitative estimate of drug-likeness (QED) is 0.942. The molecule has 0 saturated carbocycles. The lowest BCUT2D eigenvalue weighted by Crippen LogP contribution is -2.38. The van der Waals surface area contributed by atoms with Crippen molar-refractivity contribution >= 4 is 9.84 Å². The molecule has 1 saturated heterocycles. The number of rotatable bonds is 3. The average Bonchev–Trinajstić information content (AvgIpc) is 3.00. The minimum atomic E-state index is -3.42. The molecular formula is C16H17NO2S. The minimum absolute atomic E-state index is 0.396. The summed E-state index contributed by atoms with van der Waals surface area (Å²) < 4.78 is 25.4. The molecule has 1 heterocycles. The first-order valence-electron chi connectivity index (χ1n) is 6.73.